The van der Waals surface area contributed by atoms with Gasteiger partial charge in [0.25, 0.3) is 0 Å². The van der Waals surface area contributed by atoms with Gasteiger partial charge in [-0.15, -0.1) is 0 Å². The van der Waals surface area contributed by atoms with Gasteiger partial charge in [0.15, 0.2) is 0 Å². The lowest BCUT2D eigenvalue weighted by molar-refractivity contribution is 0.141. The minimum Gasteiger partial charge on any atom is -0.392 e. The van der Waals surface area contributed by atoms with E-state index in [4.69, 9.17) is 4.74 Å². The van der Waals surface area contributed by atoms with Crippen LogP contribution in [0.25, 0.3) is 0 Å². The lowest BCUT2D eigenvalue weighted by atomic mass is 9.88. The Morgan fingerprint density at radius 3 is 2.46 bits per heavy atom. The molecule has 1 saturated carbocycles. The maximum atomic E-state index is 10.5. The summed E-state index contributed by atoms with van der Waals surface area (Å²) in [4.78, 5) is 0. The first-order valence-corrected chi connectivity index (χ1v) is 12.3. The van der Waals surface area contributed by atoms with Crippen LogP contribution in [0, 0.1) is 17.8 Å². The van der Waals surface area contributed by atoms with Gasteiger partial charge in [0.05, 0.1) is 6.10 Å². The van der Waals surface area contributed by atoms with E-state index in [0.29, 0.717) is 17.8 Å². The molecule has 0 saturated heterocycles. The van der Waals surface area contributed by atoms with Gasteiger partial charge in [-0.3, -0.25) is 0 Å². The van der Waals surface area contributed by atoms with Crippen molar-refractivity contribution in [3.8, 4) is 0 Å². The number of hydrogen-bond acceptors (Lipinski definition) is 2. The van der Waals surface area contributed by atoms with E-state index in [1.165, 1.54) is 89.9 Å². The van der Waals surface area contributed by atoms with Crippen LogP contribution in [0.15, 0.2) is 23.8 Å². The molecular weight excluding hydrogens is 344 g/mol. The van der Waals surface area contributed by atoms with Crippen molar-refractivity contribution >= 4 is 0 Å². The second-order valence-electron chi connectivity index (χ2n) is 9.23. The zero-order valence-corrected chi connectivity index (χ0v) is 18.7. The standard InChI is InChI=1S/C26H46O2/c1-3-4-5-6-7-8-9-10-11-14-17-24-25-20-22(16-13-12-15-18-28-2)19-23(25)21-26(24)27/h14,17,19,23-27H,3-13,15-16,18,20-21H2,1-2H3/b17-14+/t23-,24+,25-,26+/m0/s1. The topological polar surface area (TPSA) is 29.5 Å². The number of aliphatic hydroxyl groups excluding tert-OH is 1. The third kappa shape index (κ3) is 8.41. The van der Waals surface area contributed by atoms with Gasteiger partial charge in [0, 0.05) is 19.6 Å². The van der Waals surface area contributed by atoms with E-state index in [0.717, 1.165) is 13.0 Å². The number of fused-ring (bicyclic) bond motifs is 1. The zero-order valence-electron chi connectivity index (χ0n) is 18.7. The smallest absolute Gasteiger partial charge is 0.0611 e. The Kier molecular flexibility index (Phi) is 12.2. The first kappa shape index (κ1) is 23.7. The monoisotopic (exact) mass is 390 g/mol. The summed E-state index contributed by atoms with van der Waals surface area (Å²) >= 11 is 0. The number of ether oxygens (including phenoxy) is 1. The molecule has 2 nitrogen and oxygen atoms in total. The Balaban J connectivity index is 1.58. The van der Waals surface area contributed by atoms with Crippen LogP contribution < -0.4 is 0 Å². The third-order valence-corrected chi connectivity index (χ3v) is 6.88. The average molecular weight is 391 g/mol. The first-order chi connectivity index (χ1) is 13.8. The normalized spacial score (nSPS) is 26.9. The highest BCUT2D eigenvalue weighted by atomic mass is 16.5. The van der Waals surface area contributed by atoms with Crippen molar-refractivity contribution in [2.75, 3.05) is 13.7 Å². The molecule has 0 amide bonds. The third-order valence-electron chi connectivity index (χ3n) is 6.88. The number of rotatable bonds is 16. The molecular formula is C26H46O2. The van der Waals surface area contributed by atoms with E-state index in [-0.39, 0.29) is 6.10 Å². The average Bonchev–Trinajstić information content (AvgIpc) is 3.20. The van der Waals surface area contributed by atoms with Crippen molar-refractivity contribution < 1.29 is 9.84 Å². The molecule has 0 heterocycles. The second-order valence-corrected chi connectivity index (χ2v) is 9.23. The van der Waals surface area contributed by atoms with Crippen LogP contribution in [0.4, 0.5) is 0 Å². The quantitative estimate of drug-likeness (QED) is 0.222. The van der Waals surface area contributed by atoms with Crippen LogP contribution in [-0.2, 0) is 4.74 Å². The Hall–Kier alpha value is -0.600. The van der Waals surface area contributed by atoms with Gasteiger partial charge >= 0.3 is 0 Å². The van der Waals surface area contributed by atoms with Gasteiger partial charge in [-0.05, 0) is 56.8 Å². The van der Waals surface area contributed by atoms with Crippen LogP contribution in [0.2, 0.25) is 0 Å². The molecule has 0 aromatic carbocycles. The van der Waals surface area contributed by atoms with E-state index in [2.05, 4.69) is 25.2 Å². The summed E-state index contributed by atoms with van der Waals surface area (Å²) in [5, 5.41) is 10.5. The van der Waals surface area contributed by atoms with Crippen molar-refractivity contribution in [3.63, 3.8) is 0 Å². The van der Waals surface area contributed by atoms with Crippen molar-refractivity contribution in [2.24, 2.45) is 17.8 Å². The minimum absolute atomic E-state index is 0.121. The van der Waals surface area contributed by atoms with Gasteiger partial charge in [-0.2, -0.15) is 0 Å². The molecule has 2 aliphatic rings. The lowest BCUT2D eigenvalue weighted by Gasteiger charge is -2.18. The minimum atomic E-state index is -0.121. The second kappa shape index (κ2) is 14.4. The number of methoxy groups -OCH3 is 1. The molecule has 162 valence electrons. The summed E-state index contributed by atoms with van der Waals surface area (Å²) in [7, 11) is 1.79. The zero-order chi connectivity index (χ0) is 20.0. The summed E-state index contributed by atoms with van der Waals surface area (Å²) in [6.45, 7) is 3.17. The predicted molar refractivity (Wildman–Crippen MR) is 121 cm³/mol. The van der Waals surface area contributed by atoms with Gasteiger partial charge in [0.1, 0.15) is 0 Å². The fourth-order valence-electron chi connectivity index (χ4n) is 5.22. The summed E-state index contributed by atoms with van der Waals surface area (Å²) in [5.74, 6) is 1.68. The molecule has 0 aromatic rings. The number of unbranched alkanes of at least 4 members (excludes halogenated alkanes) is 10. The molecule has 0 radical (unpaired) electrons. The highest BCUT2D eigenvalue weighted by Crippen LogP contribution is 2.48. The molecule has 2 heteroatoms. The summed E-state index contributed by atoms with van der Waals surface area (Å²) in [6.07, 6.45) is 26.6. The van der Waals surface area contributed by atoms with Gasteiger partial charge in [-0.1, -0.05) is 82.1 Å². The molecule has 4 atom stereocenters. The predicted octanol–water partition coefficient (Wildman–Crippen LogP) is 7.22. The molecule has 0 bridgehead atoms. The lowest BCUT2D eigenvalue weighted by Crippen LogP contribution is -2.17. The molecule has 2 aliphatic carbocycles. The Morgan fingerprint density at radius 1 is 1.00 bits per heavy atom. The van der Waals surface area contributed by atoms with E-state index in [9.17, 15) is 5.11 Å². The SMILES string of the molecule is CCCCCCCCCC/C=C/[C@@H]1[C@H]2CC(CCCCCOC)=C[C@H]2C[C@H]1O. The van der Waals surface area contributed by atoms with Crippen molar-refractivity contribution in [1.29, 1.82) is 0 Å². The fraction of sp³-hybridized carbons (Fsp3) is 0.846. The van der Waals surface area contributed by atoms with Crippen LogP contribution in [-0.4, -0.2) is 24.9 Å². The number of aliphatic hydroxyl groups is 1. The van der Waals surface area contributed by atoms with Gasteiger partial charge in [0.2, 0.25) is 0 Å². The van der Waals surface area contributed by atoms with Gasteiger partial charge in [-0.25, -0.2) is 0 Å². The molecule has 0 aromatic heterocycles. The molecule has 2 rings (SSSR count). The van der Waals surface area contributed by atoms with E-state index >= 15 is 0 Å². The maximum Gasteiger partial charge on any atom is 0.0611 e. The first-order valence-electron chi connectivity index (χ1n) is 12.3. The molecule has 0 spiro atoms. The highest BCUT2D eigenvalue weighted by molar-refractivity contribution is 5.20. The van der Waals surface area contributed by atoms with Crippen LogP contribution in [0.1, 0.15) is 103 Å². The molecule has 1 N–H and O–H groups in total. The maximum absolute atomic E-state index is 10.5. The van der Waals surface area contributed by atoms with Crippen LogP contribution in [0.5, 0.6) is 0 Å². The number of hydrogen-bond donors (Lipinski definition) is 1. The molecule has 0 aliphatic heterocycles. The van der Waals surface area contributed by atoms with Crippen molar-refractivity contribution in [2.45, 2.75) is 109 Å². The highest BCUT2D eigenvalue weighted by Gasteiger charge is 2.42. The van der Waals surface area contributed by atoms with E-state index in [1.54, 1.807) is 12.7 Å². The largest absolute Gasteiger partial charge is 0.392 e. The Bertz CT molecular complexity index is 453. The summed E-state index contributed by atoms with van der Waals surface area (Å²) < 4.78 is 5.14. The fourth-order valence-corrected chi connectivity index (χ4v) is 5.22. The Morgan fingerprint density at radius 2 is 1.71 bits per heavy atom. The molecule has 1 fully saturated rings. The summed E-state index contributed by atoms with van der Waals surface area (Å²) in [6, 6.07) is 0. The molecule has 28 heavy (non-hydrogen) atoms. The van der Waals surface area contributed by atoms with E-state index < -0.39 is 0 Å². The van der Waals surface area contributed by atoms with Crippen molar-refractivity contribution in [1.82, 2.24) is 0 Å². The summed E-state index contributed by atoms with van der Waals surface area (Å²) in [5.41, 5.74) is 1.65. The van der Waals surface area contributed by atoms with Gasteiger partial charge < -0.3 is 9.84 Å². The molecule has 0 unspecified atom stereocenters. The number of allylic oxidation sites excluding steroid dienone is 3. The Labute approximate surface area is 174 Å². The van der Waals surface area contributed by atoms with Crippen molar-refractivity contribution in [3.05, 3.63) is 23.8 Å². The van der Waals surface area contributed by atoms with Crippen LogP contribution >= 0.6 is 0 Å². The van der Waals surface area contributed by atoms with E-state index in [1.807, 2.05) is 0 Å². The van der Waals surface area contributed by atoms with Crippen LogP contribution in [0.3, 0.4) is 0 Å².